The molecule has 1 aliphatic carbocycles. The normalized spacial score (nSPS) is 12.4. The van der Waals surface area contributed by atoms with Gasteiger partial charge in [0, 0.05) is 28.1 Å². The molecule has 4 rings (SSSR count). The summed E-state index contributed by atoms with van der Waals surface area (Å²) in [7, 11) is 0. The van der Waals surface area contributed by atoms with Gasteiger partial charge in [0.2, 0.25) is 0 Å². The molecular weight excluding hydrogens is 336 g/mol. The first kappa shape index (κ1) is 15.9. The fourth-order valence-corrected chi connectivity index (χ4v) is 3.99. The molecule has 0 spiro atoms. The van der Waals surface area contributed by atoms with Gasteiger partial charge in [-0.1, -0.05) is 23.4 Å². The molecule has 1 amide bonds. The maximum atomic E-state index is 12.6. The van der Waals surface area contributed by atoms with E-state index in [1.807, 2.05) is 42.6 Å². The lowest BCUT2D eigenvalue weighted by Gasteiger charge is -2.12. The van der Waals surface area contributed by atoms with Crippen molar-refractivity contribution in [2.45, 2.75) is 26.3 Å². The summed E-state index contributed by atoms with van der Waals surface area (Å²) >= 11 is 1.72. The standard InChI is InChI=1S/C19H18N2O3S/c1-2-23-15-6-4-3-5-12(15)11-20-19(22)17-14-7-8-16-13(9-10-25-16)18(14)24-21-17/h3-6,9-10H,2,7-8,11H2,1H3,(H,20,22). The van der Waals surface area contributed by atoms with Crippen LogP contribution in [0.15, 0.2) is 40.2 Å². The third-order valence-corrected chi connectivity index (χ3v) is 5.29. The number of carbonyl (C=O) groups excluding carboxylic acids is 1. The molecule has 0 saturated carbocycles. The molecule has 25 heavy (non-hydrogen) atoms. The summed E-state index contributed by atoms with van der Waals surface area (Å²) in [5.74, 6) is 1.31. The molecule has 2 aromatic heterocycles. The number of para-hydroxylation sites is 1. The monoisotopic (exact) mass is 354 g/mol. The number of rotatable bonds is 5. The quantitative estimate of drug-likeness (QED) is 0.756. The third kappa shape index (κ3) is 2.93. The first-order chi connectivity index (χ1) is 12.3. The van der Waals surface area contributed by atoms with Crippen LogP contribution in [0.25, 0.3) is 11.3 Å². The van der Waals surface area contributed by atoms with Crippen molar-refractivity contribution in [3.63, 3.8) is 0 Å². The topological polar surface area (TPSA) is 64.4 Å². The van der Waals surface area contributed by atoms with Gasteiger partial charge in [-0.3, -0.25) is 4.79 Å². The highest BCUT2D eigenvalue weighted by Gasteiger charge is 2.28. The van der Waals surface area contributed by atoms with Gasteiger partial charge < -0.3 is 14.6 Å². The highest BCUT2D eigenvalue weighted by atomic mass is 32.1. The molecule has 1 N–H and O–H groups in total. The van der Waals surface area contributed by atoms with E-state index in [4.69, 9.17) is 9.26 Å². The molecule has 0 saturated heterocycles. The number of carbonyl (C=O) groups is 1. The minimum atomic E-state index is -0.213. The minimum Gasteiger partial charge on any atom is -0.494 e. The van der Waals surface area contributed by atoms with Crippen LogP contribution in [-0.2, 0) is 19.4 Å². The fraction of sp³-hybridized carbons (Fsp3) is 0.263. The molecular formula is C19H18N2O3S. The number of aromatic nitrogens is 1. The van der Waals surface area contributed by atoms with E-state index in [-0.39, 0.29) is 5.91 Å². The summed E-state index contributed by atoms with van der Waals surface area (Å²) in [5.41, 5.74) is 3.30. The van der Waals surface area contributed by atoms with E-state index in [2.05, 4.69) is 10.5 Å². The lowest BCUT2D eigenvalue weighted by Crippen LogP contribution is -2.25. The molecule has 1 aliphatic rings. The predicted octanol–water partition coefficient (Wildman–Crippen LogP) is 3.83. The molecule has 0 aliphatic heterocycles. The van der Waals surface area contributed by atoms with Crippen molar-refractivity contribution in [2.24, 2.45) is 0 Å². The Morgan fingerprint density at radius 3 is 3.08 bits per heavy atom. The Kier molecular flexibility index (Phi) is 4.28. The van der Waals surface area contributed by atoms with E-state index in [0.717, 1.165) is 41.0 Å². The van der Waals surface area contributed by atoms with E-state index < -0.39 is 0 Å². The summed E-state index contributed by atoms with van der Waals surface area (Å²) in [5, 5.41) is 9.01. The van der Waals surface area contributed by atoms with Crippen molar-refractivity contribution in [3.05, 3.63) is 57.4 Å². The zero-order chi connectivity index (χ0) is 17.2. The minimum absolute atomic E-state index is 0.213. The summed E-state index contributed by atoms with van der Waals surface area (Å²) in [6, 6.07) is 9.73. The van der Waals surface area contributed by atoms with Crippen LogP contribution in [-0.4, -0.2) is 17.7 Å². The van der Waals surface area contributed by atoms with E-state index in [1.165, 1.54) is 4.88 Å². The van der Waals surface area contributed by atoms with E-state index in [9.17, 15) is 4.79 Å². The highest BCUT2D eigenvalue weighted by molar-refractivity contribution is 7.10. The molecule has 3 aromatic rings. The Bertz CT molecular complexity index is 913. The van der Waals surface area contributed by atoms with Gasteiger partial charge in [0.15, 0.2) is 11.5 Å². The number of fused-ring (bicyclic) bond motifs is 3. The largest absolute Gasteiger partial charge is 0.494 e. The number of aryl methyl sites for hydroxylation is 1. The van der Waals surface area contributed by atoms with Gasteiger partial charge in [-0.2, -0.15) is 0 Å². The SMILES string of the molecule is CCOc1ccccc1CNC(=O)c1noc2c1CCc1sccc1-2. The van der Waals surface area contributed by atoms with Gasteiger partial charge in [-0.15, -0.1) is 11.3 Å². The van der Waals surface area contributed by atoms with Gasteiger partial charge >= 0.3 is 0 Å². The Hall–Kier alpha value is -2.60. The smallest absolute Gasteiger partial charge is 0.274 e. The fourth-order valence-electron chi connectivity index (χ4n) is 3.11. The number of ether oxygens (including phenoxy) is 1. The first-order valence-corrected chi connectivity index (χ1v) is 9.20. The van der Waals surface area contributed by atoms with Crippen molar-refractivity contribution in [3.8, 4) is 17.1 Å². The van der Waals surface area contributed by atoms with Crippen LogP contribution in [0, 0.1) is 0 Å². The molecule has 2 heterocycles. The van der Waals surface area contributed by atoms with Crippen molar-refractivity contribution in [2.75, 3.05) is 6.61 Å². The number of nitrogens with one attached hydrogen (secondary N) is 1. The number of hydrogen-bond acceptors (Lipinski definition) is 5. The van der Waals surface area contributed by atoms with Crippen LogP contribution in [0.3, 0.4) is 0 Å². The lowest BCUT2D eigenvalue weighted by molar-refractivity contribution is 0.0941. The van der Waals surface area contributed by atoms with Crippen LogP contribution < -0.4 is 10.1 Å². The second-order valence-corrected chi connectivity index (χ2v) is 6.82. The second-order valence-electron chi connectivity index (χ2n) is 5.82. The lowest BCUT2D eigenvalue weighted by atomic mass is 9.95. The van der Waals surface area contributed by atoms with Crippen LogP contribution in [0.2, 0.25) is 0 Å². The molecule has 0 fully saturated rings. The Labute approximate surface area is 149 Å². The zero-order valence-electron chi connectivity index (χ0n) is 13.9. The van der Waals surface area contributed by atoms with E-state index in [1.54, 1.807) is 11.3 Å². The van der Waals surface area contributed by atoms with Gasteiger partial charge in [0.05, 0.1) is 6.61 Å². The molecule has 0 unspecified atom stereocenters. The van der Waals surface area contributed by atoms with Crippen LogP contribution in [0.5, 0.6) is 5.75 Å². The molecule has 128 valence electrons. The van der Waals surface area contributed by atoms with E-state index in [0.29, 0.717) is 18.8 Å². The van der Waals surface area contributed by atoms with Crippen LogP contribution >= 0.6 is 11.3 Å². The maximum Gasteiger partial charge on any atom is 0.274 e. The molecule has 0 atom stereocenters. The number of hydrogen-bond donors (Lipinski definition) is 1. The maximum absolute atomic E-state index is 12.6. The molecule has 0 radical (unpaired) electrons. The average Bonchev–Trinajstić information content (AvgIpc) is 3.27. The van der Waals surface area contributed by atoms with E-state index >= 15 is 0 Å². The zero-order valence-corrected chi connectivity index (χ0v) is 14.7. The predicted molar refractivity (Wildman–Crippen MR) is 96.0 cm³/mol. The molecule has 0 bridgehead atoms. The number of benzene rings is 1. The van der Waals surface area contributed by atoms with Crippen molar-refractivity contribution in [1.82, 2.24) is 10.5 Å². The van der Waals surface area contributed by atoms with Crippen molar-refractivity contribution in [1.29, 1.82) is 0 Å². The first-order valence-electron chi connectivity index (χ1n) is 8.32. The summed E-state index contributed by atoms with van der Waals surface area (Å²) < 4.78 is 11.1. The van der Waals surface area contributed by atoms with Crippen molar-refractivity contribution < 1.29 is 14.1 Å². The second kappa shape index (κ2) is 6.72. The van der Waals surface area contributed by atoms with Crippen LogP contribution in [0.4, 0.5) is 0 Å². The Morgan fingerprint density at radius 2 is 2.20 bits per heavy atom. The summed E-state index contributed by atoms with van der Waals surface area (Å²) in [6.45, 7) is 2.92. The molecule has 1 aromatic carbocycles. The highest BCUT2D eigenvalue weighted by Crippen LogP contribution is 2.38. The average molecular weight is 354 g/mol. The van der Waals surface area contributed by atoms with Gasteiger partial charge in [-0.25, -0.2) is 0 Å². The molecule has 6 heteroatoms. The van der Waals surface area contributed by atoms with Crippen molar-refractivity contribution >= 4 is 17.2 Å². The number of amides is 1. The van der Waals surface area contributed by atoms with Crippen LogP contribution in [0.1, 0.15) is 33.4 Å². The molecule has 5 nitrogen and oxygen atoms in total. The van der Waals surface area contributed by atoms with Gasteiger partial charge in [0.25, 0.3) is 5.91 Å². The van der Waals surface area contributed by atoms with Gasteiger partial charge in [-0.05, 0) is 37.3 Å². The van der Waals surface area contributed by atoms with Gasteiger partial charge in [0.1, 0.15) is 5.75 Å². The summed E-state index contributed by atoms with van der Waals surface area (Å²) in [6.07, 6.45) is 1.71. The summed E-state index contributed by atoms with van der Waals surface area (Å²) in [4.78, 5) is 13.9. The number of nitrogens with zero attached hydrogens (tertiary/aromatic N) is 1. The number of thiophene rings is 1. The Balaban J connectivity index is 1.52. The Morgan fingerprint density at radius 1 is 1.32 bits per heavy atom. The third-order valence-electron chi connectivity index (χ3n) is 4.31.